The van der Waals surface area contributed by atoms with Gasteiger partial charge in [0, 0.05) is 44.7 Å². The Morgan fingerprint density at radius 1 is 1.27 bits per heavy atom. The summed E-state index contributed by atoms with van der Waals surface area (Å²) in [6.45, 7) is 6.01. The topological polar surface area (TPSA) is 72.9 Å². The van der Waals surface area contributed by atoms with Crippen LogP contribution in [0.5, 0.6) is 0 Å². The zero-order chi connectivity index (χ0) is 19.1. The molecule has 6 nitrogen and oxygen atoms in total. The van der Waals surface area contributed by atoms with Gasteiger partial charge in [0.1, 0.15) is 5.82 Å². The van der Waals surface area contributed by atoms with E-state index >= 15 is 0 Å². The highest BCUT2D eigenvalue weighted by Crippen LogP contribution is 2.17. The number of nitrogens with one attached hydrogen (secondary N) is 1. The fourth-order valence-corrected chi connectivity index (χ4v) is 3.05. The molecule has 1 aliphatic heterocycles. The number of hydrogen-bond acceptors (Lipinski definition) is 4. The number of aliphatic hydroxyl groups is 1. The highest BCUT2D eigenvalue weighted by Gasteiger charge is 2.29. The van der Waals surface area contributed by atoms with Crippen LogP contribution in [0.25, 0.3) is 0 Å². The highest BCUT2D eigenvalue weighted by atomic mass is 19.1. The third kappa shape index (κ3) is 5.78. The molecule has 0 saturated carbocycles. The van der Waals surface area contributed by atoms with Crippen molar-refractivity contribution in [2.75, 3.05) is 32.8 Å². The first kappa shape index (κ1) is 20.3. The van der Waals surface area contributed by atoms with Gasteiger partial charge in [0.05, 0.1) is 6.54 Å². The average Bonchev–Trinajstić information content (AvgIpc) is 2.62. The van der Waals surface area contributed by atoms with Crippen molar-refractivity contribution in [1.29, 1.82) is 0 Å². The van der Waals surface area contributed by atoms with Crippen LogP contribution in [0.4, 0.5) is 4.39 Å². The Morgan fingerprint density at radius 2 is 1.96 bits per heavy atom. The van der Waals surface area contributed by atoms with E-state index in [1.54, 1.807) is 30.9 Å². The lowest BCUT2D eigenvalue weighted by Crippen LogP contribution is -2.56. The van der Waals surface area contributed by atoms with Crippen LogP contribution in [-0.2, 0) is 16.1 Å². The predicted molar refractivity (Wildman–Crippen MR) is 96.7 cm³/mol. The zero-order valence-electron chi connectivity index (χ0n) is 15.4. The van der Waals surface area contributed by atoms with Crippen molar-refractivity contribution < 1.29 is 19.1 Å². The minimum absolute atomic E-state index is 0.000814. The van der Waals surface area contributed by atoms with E-state index in [2.05, 4.69) is 10.2 Å². The Bertz CT molecular complexity index is 607. The summed E-state index contributed by atoms with van der Waals surface area (Å²) in [6.07, 6.45) is 0.559. The molecule has 1 aromatic rings. The van der Waals surface area contributed by atoms with Crippen molar-refractivity contribution in [2.24, 2.45) is 5.92 Å². The van der Waals surface area contributed by atoms with E-state index in [4.69, 9.17) is 0 Å². The van der Waals surface area contributed by atoms with Gasteiger partial charge in [-0.2, -0.15) is 0 Å². The molecule has 0 spiro atoms. The Kier molecular flexibility index (Phi) is 7.53. The van der Waals surface area contributed by atoms with Gasteiger partial charge in [-0.05, 0) is 24.1 Å². The standard InChI is InChI=1S/C19H28FN3O3/c1-14(2)19(26)21-11-18(25)23-9-8-22(17(13-23)7-10-24)12-15-3-5-16(20)6-4-15/h3-6,14,17,24H,7-13H2,1-2H3,(H,21,26). The molecule has 0 radical (unpaired) electrons. The first-order chi connectivity index (χ1) is 12.4. The quantitative estimate of drug-likeness (QED) is 0.756. The fraction of sp³-hybridized carbons (Fsp3) is 0.579. The van der Waals surface area contributed by atoms with E-state index in [1.807, 2.05) is 0 Å². The Hall–Kier alpha value is -1.99. The number of amides is 2. The van der Waals surface area contributed by atoms with Crippen LogP contribution in [-0.4, -0.2) is 65.5 Å². The summed E-state index contributed by atoms with van der Waals surface area (Å²) in [5.74, 6) is -0.666. The number of aliphatic hydroxyl groups excluding tert-OH is 1. The molecule has 2 N–H and O–H groups in total. The molecule has 2 rings (SSSR count). The SMILES string of the molecule is CC(C)C(=O)NCC(=O)N1CCN(Cc2ccc(F)cc2)C(CCO)C1. The summed E-state index contributed by atoms with van der Waals surface area (Å²) in [6, 6.07) is 6.42. The molecule has 1 aliphatic rings. The molecule has 1 aromatic carbocycles. The Balaban J connectivity index is 1.92. The lowest BCUT2D eigenvalue weighted by molar-refractivity contribution is -0.136. The van der Waals surface area contributed by atoms with Crippen molar-refractivity contribution in [3.05, 3.63) is 35.6 Å². The third-order valence-electron chi connectivity index (χ3n) is 4.66. The molecule has 144 valence electrons. The third-order valence-corrected chi connectivity index (χ3v) is 4.66. The molecule has 1 fully saturated rings. The van der Waals surface area contributed by atoms with Gasteiger partial charge in [-0.15, -0.1) is 0 Å². The van der Waals surface area contributed by atoms with Gasteiger partial charge in [-0.3, -0.25) is 14.5 Å². The average molecular weight is 365 g/mol. The number of hydrogen-bond donors (Lipinski definition) is 2. The van der Waals surface area contributed by atoms with Crippen LogP contribution < -0.4 is 5.32 Å². The molecule has 0 aromatic heterocycles. The van der Waals surface area contributed by atoms with Crippen molar-refractivity contribution in [3.63, 3.8) is 0 Å². The number of nitrogens with zero attached hydrogens (tertiary/aromatic N) is 2. The summed E-state index contributed by atoms with van der Waals surface area (Å²) in [4.78, 5) is 27.9. The first-order valence-corrected chi connectivity index (χ1v) is 9.05. The first-order valence-electron chi connectivity index (χ1n) is 9.05. The number of rotatable bonds is 7. The van der Waals surface area contributed by atoms with E-state index in [0.29, 0.717) is 32.6 Å². The van der Waals surface area contributed by atoms with E-state index in [0.717, 1.165) is 5.56 Å². The van der Waals surface area contributed by atoms with Crippen LogP contribution in [0.3, 0.4) is 0 Å². The second-order valence-electron chi connectivity index (χ2n) is 6.98. The predicted octanol–water partition coefficient (Wildman–Crippen LogP) is 0.993. The Morgan fingerprint density at radius 3 is 2.58 bits per heavy atom. The van der Waals surface area contributed by atoms with Crippen LogP contribution in [0.2, 0.25) is 0 Å². The van der Waals surface area contributed by atoms with Gasteiger partial charge in [0.15, 0.2) is 0 Å². The van der Waals surface area contributed by atoms with Crippen LogP contribution in [0, 0.1) is 11.7 Å². The minimum Gasteiger partial charge on any atom is -0.396 e. The normalized spacial score (nSPS) is 18.2. The maximum absolute atomic E-state index is 13.1. The number of benzene rings is 1. The van der Waals surface area contributed by atoms with E-state index < -0.39 is 0 Å². The second kappa shape index (κ2) is 9.64. The molecule has 7 heteroatoms. The molecular formula is C19H28FN3O3. The van der Waals surface area contributed by atoms with Crippen LogP contribution in [0.1, 0.15) is 25.8 Å². The lowest BCUT2D eigenvalue weighted by Gasteiger charge is -2.41. The molecule has 1 heterocycles. The molecule has 1 atom stereocenters. The zero-order valence-corrected chi connectivity index (χ0v) is 15.4. The number of carbonyl (C=O) groups is 2. The largest absolute Gasteiger partial charge is 0.396 e. The fourth-order valence-electron chi connectivity index (χ4n) is 3.05. The van der Waals surface area contributed by atoms with E-state index in [-0.39, 0.29) is 42.7 Å². The minimum atomic E-state index is -0.264. The monoisotopic (exact) mass is 365 g/mol. The van der Waals surface area contributed by atoms with E-state index in [9.17, 15) is 19.1 Å². The van der Waals surface area contributed by atoms with Crippen LogP contribution >= 0.6 is 0 Å². The smallest absolute Gasteiger partial charge is 0.242 e. The molecule has 2 amide bonds. The van der Waals surface area contributed by atoms with Gasteiger partial charge in [-0.1, -0.05) is 26.0 Å². The molecule has 1 unspecified atom stereocenters. The maximum Gasteiger partial charge on any atom is 0.242 e. The number of piperazine rings is 1. The van der Waals surface area contributed by atoms with Crippen molar-refractivity contribution in [2.45, 2.75) is 32.9 Å². The summed E-state index contributed by atoms with van der Waals surface area (Å²) in [5, 5.41) is 12.0. The maximum atomic E-state index is 13.1. The lowest BCUT2D eigenvalue weighted by atomic mass is 10.1. The van der Waals surface area contributed by atoms with Gasteiger partial charge in [0.25, 0.3) is 0 Å². The summed E-state index contributed by atoms with van der Waals surface area (Å²) < 4.78 is 13.1. The summed E-state index contributed by atoms with van der Waals surface area (Å²) in [5.41, 5.74) is 0.998. The second-order valence-corrected chi connectivity index (χ2v) is 6.98. The summed E-state index contributed by atoms with van der Waals surface area (Å²) in [7, 11) is 0. The van der Waals surface area contributed by atoms with Gasteiger partial charge in [0.2, 0.25) is 11.8 Å². The highest BCUT2D eigenvalue weighted by molar-refractivity contribution is 5.85. The number of halogens is 1. The molecule has 0 bridgehead atoms. The van der Waals surface area contributed by atoms with Crippen molar-refractivity contribution >= 4 is 11.8 Å². The van der Waals surface area contributed by atoms with Gasteiger partial charge in [-0.25, -0.2) is 4.39 Å². The molecule has 0 aliphatic carbocycles. The molecular weight excluding hydrogens is 337 g/mol. The van der Waals surface area contributed by atoms with Crippen molar-refractivity contribution in [1.82, 2.24) is 15.1 Å². The van der Waals surface area contributed by atoms with Gasteiger partial charge >= 0.3 is 0 Å². The van der Waals surface area contributed by atoms with Gasteiger partial charge < -0.3 is 15.3 Å². The van der Waals surface area contributed by atoms with Crippen LogP contribution in [0.15, 0.2) is 24.3 Å². The molecule has 1 saturated heterocycles. The number of carbonyl (C=O) groups excluding carboxylic acids is 2. The van der Waals surface area contributed by atoms with E-state index in [1.165, 1.54) is 12.1 Å². The van der Waals surface area contributed by atoms with Crippen molar-refractivity contribution in [3.8, 4) is 0 Å². The Labute approximate surface area is 154 Å². The molecule has 26 heavy (non-hydrogen) atoms. The summed E-state index contributed by atoms with van der Waals surface area (Å²) >= 11 is 0.